The second-order valence-corrected chi connectivity index (χ2v) is 17.5. The number of nitriles is 1. The largest absolute Gasteiger partial charge is 0.373 e. The number of rotatable bonds is 9. The number of fused-ring (bicyclic) bond motifs is 2. The summed E-state index contributed by atoms with van der Waals surface area (Å²) in [6.07, 6.45) is 7.03. The van der Waals surface area contributed by atoms with Crippen molar-refractivity contribution in [3.8, 4) is 6.07 Å². The van der Waals surface area contributed by atoms with Crippen LogP contribution in [0.25, 0.3) is 21.8 Å². The van der Waals surface area contributed by atoms with Crippen LogP contribution in [0.15, 0.2) is 109 Å². The lowest BCUT2D eigenvalue weighted by atomic mass is 9.87. The van der Waals surface area contributed by atoms with E-state index in [1.807, 2.05) is 77.0 Å². The molecule has 0 bridgehead atoms. The molecule has 6 aromatic rings. The van der Waals surface area contributed by atoms with Gasteiger partial charge in [0.25, 0.3) is 5.91 Å². The van der Waals surface area contributed by atoms with Crippen molar-refractivity contribution >= 4 is 88.5 Å². The highest BCUT2D eigenvalue weighted by molar-refractivity contribution is 7.92. The molecule has 56 heavy (non-hydrogen) atoms. The van der Waals surface area contributed by atoms with Crippen molar-refractivity contribution in [1.29, 1.82) is 5.26 Å². The van der Waals surface area contributed by atoms with Gasteiger partial charge < -0.3 is 14.5 Å². The molecule has 2 unspecified atom stereocenters. The molecule has 2 aromatic heterocycles. The van der Waals surface area contributed by atoms with Gasteiger partial charge in [-0.1, -0.05) is 59.6 Å². The lowest BCUT2D eigenvalue weighted by molar-refractivity contribution is -0.191. The third-order valence-electron chi connectivity index (χ3n) is 9.36. The van der Waals surface area contributed by atoms with Crippen molar-refractivity contribution in [2.45, 2.75) is 30.8 Å². The summed E-state index contributed by atoms with van der Waals surface area (Å²) >= 11 is 12.0. The van der Waals surface area contributed by atoms with E-state index in [0.29, 0.717) is 34.4 Å². The monoisotopic (exact) mass is 834 g/mol. The van der Waals surface area contributed by atoms with Crippen LogP contribution in [0.2, 0.25) is 10.0 Å². The van der Waals surface area contributed by atoms with Crippen LogP contribution in [0.3, 0.4) is 0 Å². The Morgan fingerprint density at radius 3 is 1.79 bits per heavy atom. The molecule has 0 radical (unpaired) electrons. The zero-order chi connectivity index (χ0) is 40.9. The molecule has 7 rings (SSSR count). The van der Waals surface area contributed by atoms with Gasteiger partial charge in [-0.2, -0.15) is 14.9 Å². The Morgan fingerprint density at radius 1 is 0.786 bits per heavy atom. The molecule has 0 spiro atoms. The quantitative estimate of drug-likeness (QED) is 0.144. The molecule has 13 nitrogen and oxygen atoms in total. The van der Waals surface area contributed by atoms with Crippen LogP contribution < -0.4 is 14.8 Å². The third kappa shape index (κ3) is 8.75. The molecular weight excluding hydrogens is 800 g/mol. The fourth-order valence-electron chi connectivity index (χ4n) is 6.95. The number of hydrogen-bond donors (Lipinski definition) is 3. The summed E-state index contributed by atoms with van der Waals surface area (Å²) in [6.45, 7) is 2.54. The number of nitrogens with zero attached hydrogens (tertiary/aromatic N) is 3. The number of hydrogen-bond acceptors (Lipinski definition) is 8. The average Bonchev–Trinajstić information content (AvgIpc) is 3.87. The number of amides is 1. The van der Waals surface area contributed by atoms with Gasteiger partial charge in [-0.15, -0.1) is 0 Å². The third-order valence-corrected chi connectivity index (χ3v) is 11.0. The number of sulfonamides is 2. The minimum atomic E-state index is -3.41. The lowest BCUT2D eigenvalue weighted by Crippen LogP contribution is -2.41. The highest BCUT2D eigenvalue weighted by Gasteiger charge is 2.46. The van der Waals surface area contributed by atoms with E-state index in [1.54, 1.807) is 48.5 Å². The maximum Gasteiger partial charge on any atom is 0.373 e. The van der Waals surface area contributed by atoms with E-state index in [-0.39, 0.29) is 18.5 Å². The molecule has 290 valence electrons. The van der Waals surface area contributed by atoms with E-state index in [9.17, 15) is 26.9 Å². The molecule has 0 aliphatic carbocycles. The normalized spacial score (nSPS) is 16.2. The predicted molar refractivity (Wildman–Crippen MR) is 216 cm³/mol. The Balaban J connectivity index is 0.000000201. The topological polar surface area (TPSA) is 189 Å². The van der Waals surface area contributed by atoms with E-state index in [4.69, 9.17) is 32.8 Å². The number of carbonyl (C=O) groups is 1. The van der Waals surface area contributed by atoms with E-state index in [2.05, 4.69) is 20.8 Å². The first-order chi connectivity index (χ1) is 26.5. The Morgan fingerprint density at radius 2 is 1.29 bits per heavy atom. The smallest absolute Gasteiger partial charge is 0.354 e. The van der Waals surface area contributed by atoms with Crippen LogP contribution >= 0.6 is 23.2 Å². The van der Waals surface area contributed by atoms with E-state index in [1.165, 1.54) is 0 Å². The fourth-order valence-corrected chi connectivity index (χ4v) is 8.36. The zero-order valence-electron chi connectivity index (χ0n) is 30.3. The first kappa shape index (κ1) is 41.5. The number of carbonyl (C=O) groups excluding carboxylic acids is 3. The zero-order valence-corrected chi connectivity index (χ0v) is 33.4. The molecule has 3 heterocycles. The molecule has 1 fully saturated rings. The first-order valence-corrected chi connectivity index (χ1v) is 21.3. The second kappa shape index (κ2) is 16.6. The lowest BCUT2D eigenvalue weighted by Gasteiger charge is -2.31. The minimum Gasteiger partial charge on any atom is -0.354 e. The number of anilines is 2. The molecule has 17 heteroatoms. The van der Waals surface area contributed by atoms with Crippen LogP contribution in [0, 0.1) is 11.3 Å². The van der Waals surface area contributed by atoms with Crippen LogP contribution in [-0.4, -0.2) is 57.1 Å². The summed E-state index contributed by atoms with van der Waals surface area (Å²) in [5, 5.41) is 15.1. The van der Waals surface area contributed by atoms with E-state index < -0.39 is 31.1 Å². The first-order valence-electron chi connectivity index (χ1n) is 16.8. The van der Waals surface area contributed by atoms with Gasteiger partial charge in [-0.3, -0.25) is 14.2 Å². The van der Waals surface area contributed by atoms with Crippen molar-refractivity contribution in [3.05, 3.63) is 131 Å². The summed E-state index contributed by atoms with van der Waals surface area (Å²) in [6, 6.07) is 31.4. The predicted octanol–water partition coefficient (Wildman–Crippen LogP) is 6.69. The minimum absolute atomic E-state index is 0.0937. The summed E-state index contributed by atoms with van der Waals surface area (Å²) in [5.74, 6) is -0.0937. The number of halogens is 2. The summed E-state index contributed by atoms with van der Waals surface area (Å²) in [4.78, 5) is 29.2. The number of aromatic nitrogens is 2. The molecule has 3 N–H and O–H groups in total. The van der Waals surface area contributed by atoms with Crippen molar-refractivity contribution in [2.24, 2.45) is 0 Å². The van der Waals surface area contributed by atoms with Crippen molar-refractivity contribution in [2.75, 3.05) is 28.5 Å². The summed E-state index contributed by atoms with van der Waals surface area (Å²) < 4.78 is 55.6. The van der Waals surface area contributed by atoms with Gasteiger partial charge in [-0.25, -0.2) is 16.8 Å². The maximum atomic E-state index is 13.0. The fraction of sp³-hybridized carbons (Fsp3) is 0.205. The van der Waals surface area contributed by atoms with Gasteiger partial charge >= 0.3 is 6.15 Å². The molecular formula is C39H36Cl2N6O7S2. The van der Waals surface area contributed by atoms with Gasteiger partial charge in [0, 0.05) is 46.2 Å². The Bertz CT molecular complexity index is 2700. The molecule has 0 saturated carbocycles. The highest BCUT2D eigenvalue weighted by atomic mass is 35.5. The van der Waals surface area contributed by atoms with Crippen LogP contribution in [0.5, 0.6) is 0 Å². The van der Waals surface area contributed by atoms with Crippen molar-refractivity contribution < 1.29 is 31.2 Å². The van der Waals surface area contributed by atoms with Crippen LogP contribution in [0.1, 0.15) is 30.9 Å². The SMILES string of the molecule is CC(CC#N)(c1ccc(Cl)cc1)n1ccc2c(NS(C)(=O)=O)cccc21.CS(=O)(=O)Nc1cccc2c1ccn2C1(c2ccc(Cl)cc2)CCNC1=O.O=C=O. The Kier molecular flexibility index (Phi) is 12.3. The highest BCUT2D eigenvalue weighted by Crippen LogP contribution is 2.39. The van der Waals surface area contributed by atoms with Gasteiger partial charge in [-0.05, 0) is 78.7 Å². The van der Waals surface area contributed by atoms with Gasteiger partial charge in [0.15, 0.2) is 0 Å². The summed E-state index contributed by atoms with van der Waals surface area (Å²) in [5.41, 5.74) is 2.86. The molecule has 1 saturated heterocycles. The van der Waals surface area contributed by atoms with E-state index >= 15 is 0 Å². The van der Waals surface area contributed by atoms with Crippen molar-refractivity contribution in [3.63, 3.8) is 0 Å². The average molecular weight is 836 g/mol. The molecule has 1 amide bonds. The number of nitrogens with one attached hydrogen (secondary N) is 3. The molecule has 1 aliphatic heterocycles. The molecule has 1 aliphatic rings. The summed E-state index contributed by atoms with van der Waals surface area (Å²) in [7, 11) is -6.80. The number of benzene rings is 4. The molecule has 4 aromatic carbocycles. The standard InChI is InChI=1S/C19H18ClN3O3S.C19H18ClN3O2S.CO2/c1-27(25,26)22-16-3-2-4-17-15(16)9-12-23(17)19(10-11-21-18(19)24)13-5-7-14(20)8-6-13;1-19(11-12-21,14-6-8-15(20)9-7-14)23-13-10-16-17(22-26(2,24)25)4-3-5-18(16)23;2-1-3/h2-9,12,22H,10-11H2,1H3,(H,21,24);3-10,13,22H,11H2,1-2H3;. The van der Waals surface area contributed by atoms with Gasteiger partial charge in [0.05, 0.1) is 52.9 Å². The van der Waals surface area contributed by atoms with Gasteiger partial charge in [0.1, 0.15) is 5.54 Å². The van der Waals surface area contributed by atoms with Crippen LogP contribution in [-0.2, 0) is 45.5 Å². The van der Waals surface area contributed by atoms with Gasteiger partial charge in [0.2, 0.25) is 20.0 Å². The molecule has 2 atom stereocenters. The Labute approximate surface area is 333 Å². The second-order valence-electron chi connectivity index (χ2n) is 13.2. The van der Waals surface area contributed by atoms with E-state index in [0.717, 1.165) is 45.4 Å². The van der Waals surface area contributed by atoms with Crippen molar-refractivity contribution in [1.82, 2.24) is 14.5 Å². The Hall–Kier alpha value is -5.62. The maximum absolute atomic E-state index is 13.0. The van der Waals surface area contributed by atoms with Crippen LogP contribution in [0.4, 0.5) is 11.4 Å².